The molecule has 0 spiro atoms. The van der Waals surface area contributed by atoms with E-state index in [1.165, 1.54) is 11.3 Å². The molecule has 3 aromatic rings. The van der Waals surface area contributed by atoms with Crippen LogP contribution in [0.2, 0.25) is 0 Å². The van der Waals surface area contributed by atoms with E-state index in [4.69, 9.17) is 0 Å². The molecule has 1 N–H and O–H groups in total. The fraction of sp³-hybridized carbons (Fsp3) is 0.0769. The number of aromatic nitrogens is 2. The topological polar surface area (TPSA) is 46.4 Å². The number of anilines is 1. The predicted molar refractivity (Wildman–Crippen MR) is 79.9 cm³/mol. The van der Waals surface area contributed by atoms with Gasteiger partial charge < -0.3 is 5.32 Å². The van der Waals surface area contributed by atoms with Crippen LogP contribution in [0.3, 0.4) is 0 Å². The second-order valence-corrected chi connectivity index (χ2v) is 5.87. The van der Waals surface area contributed by atoms with Crippen LogP contribution in [0.1, 0.15) is 16.2 Å². The van der Waals surface area contributed by atoms with E-state index in [1.807, 2.05) is 41.0 Å². The number of imidazole rings is 1. The summed E-state index contributed by atoms with van der Waals surface area (Å²) in [6, 6.07) is 7.47. The van der Waals surface area contributed by atoms with Crippen molar-refractivity contribution in [3.8, 4) is 0 Å². The van der Waals surface area contributed by atoms with Gasteiger partial charge in [0.1, 0.15) is 5.69 Å². The summed E-state index contributed by atoms with van der Waals surface area (Å²) in [6.45, 7) is 1.99. The van der Waals surface area contributed by atoms with E-state index in [2.05, 4.69) is 26.2 Å². The second kappa shape index (κ2) is 4.79. The first-order chi connectivity index (χ1) is 9.13. The number of halogens is 1. The van der Waals surface area contributed by atoms with Crippen molar-refractivity contribution < 1.29 is 4.79 Å². The van der Waals surface area contributed by atoms with Crippen LogP contribution < -0.4 is 5.32 Å². The van der Waals surface area contributed by atoms with Gasteiger partial charge in [0, 0.05) is 27.4 Å². The van der Waals surface area contributed by atoms with E-state index in [-0.39, 0.29) is 5.91 Å². The molecule has 0 saturated carbocycles. The van der Waals surface area contributed by atoms with Crippen molar-refractivity contribution in [1.29, 1.82) is 0 Å². The van der Waals surface area contributed by atoms with Gasteiger partial charge in [0.2, 0.25) is 0 Å². The molecule has 4 nitrogen and oxygen atoms in total. The lowest BCUT2D eigenvalue weighted by Gasteiger charge is -2.02. The zero-order valence-electron chi connectivity index (χ0n) is 10.1. The molecule has 2 aromatic heterocycles. The van der Waals surface area contributed by atoms with Crippen LogP contribution in [0, 0.1) is 6.92 Å². The SMILES string of the molecule is Cc1csc2nc(C(=O)Nc3cccc(Br)c3)cn12. The van der Waals surface area contributed by atoms with Crippen molar-refractivity contribution >= 4 is 43.8 Å². The smallest absolute Gasteiger partial charge is 0.275 e. The van der Waals surface area contributed by atoms with Crippen LogP contribution in [0.15, 0.2) is 40.3 Å². The Morgan fingerprint density at radius 3 is 3.05 bits per heavy atom. The Morgan fingerprint density at radius 2 is 2.32 bits per heavy atom. The monoisotopic (exact) mass is 335 g/mol. The summed E-state index contributed by atoms with van der Waals surface area (Å²) in [4.78, 5) is 17.2. The van der Waals surface area contributed by atoms with Crippen LogP contribution in [-0.4, -0.2) is 15.3 Å². The molecule has 1 aromatic carbocycles. The number of rotatable bonds is 2. The zero-order chi connectivity index (χ0) is 13.4. The molecule has 2 heterocycles. The Balaban J connectivity index is 1.87. The summed E-state index contributed by atoms with van der Waals surface area (Å²) in [5, 5.41) is 4.84. The minimum Gasteiger partial charge on any atom is -0.321 e. The number of carbonyl (C=O) groups is 1. The largest absolute Gasteiger partial charge is 0.321 e. The lowest BCUT2D eigenvalue weighted by Crippen LogP contribution is -2.12. The van der Waals surface area contributed by atoms with E-state index in [1.54, 1.807) is 6.20 Å². The molecule has 3 rings (SSSR count). The fourth-order valence-electron chi connectivity index (χ4n) is 1.76. The highest BCUT2D eigenvalue weighted by atomic mass is 79.9. The molecular weight excluding hydrogens is 326 g/mol. The number of carbonyl (C=O) groups excluding carboxylic acids is 1. The molecule has 0 bridgehead atoms. The number of hydrogen-bond donors (Lipinski definition) is 1. The number of fused-ring (bicyclic) bond motifs is 1. The summed E-state index contributed by atoms with van der Waals surface area (Å²) in [7, 11) is 0. The third kappa shape index (κ3) is 2.41. The van der Waals surface area contributed by atoms with Crippen LogP contribution in [0.25, 0.3) is 4.96 Å². The third-order valence-electron chi connectivity index (χ3n) is 2.70. The molecule has 19 heavy (non-hydrogen) atoms. The Kier molecular flexibility index (Phi) is 3.12. The van der Waals surface area contributed by atoms with Crippen molar-refractivity contribution in [1.82, 2.24) is 9.38 Å². The summed E-state index contributed by atoms with van der Waals surface area (Å²) in [5.74, 6) is -0.201. The Hall–Kier alpha value is -1.66. The molecule has 0 saturated heterocycles. The molecule has 0 aliphatic carbocycles. The Labute approximate surface area is 122 Å². The first kappa shape index (κ1) is 12.4. The maximum Gasteiger partial charge on any atom is 0.275 e. The normalized spacial score (nSPS) is 10.8. The third-order valence-corrected chi connectivity index (χ3v) is 4.15. The minimum absolute atomic E-state index is 0.201. The zero-order valence-corrected chi connectivity index (χ0v) is 12.5. The van der Waals surface area contributed by atoms with Gasteiger partial charge >= 0.3 is 0 Å². The number of nitrogens with zero attached hydrogens (tertiary/aromatic N) is 2. The molecule has 0 aliphatic rings. The van der Waals surface area contributed by atoms with Crippen molar-refractivity contribution in [2.75, 3.05) is 5.32 Å². The number of nitrogens with one attached hydrogen (secondary N) is 1. The molecular formula is C13H10BrN3OS. The van der Waals surface area contributed by atoms with E-state index < -0.39 is 0 Å². The van der Waals surface area contributed by atoms with Gasteiger partial charge in [0.15, 0.2) is 4.96 Å². The molecule has 0 aliphatic heterocycles. The van der Waals surface area contributed by atoms with Crippen LogP contribution in [0.4, 0.5) is 5.69 Å². The number of benzene rings is 1. The highest BCUT2D eigenvalue weighted by molar-refractivity contribution is 9.10. The minimum atomic E-state index is -0.201. The second-order valence-electron chi connectivity index (χ2n) is 4.12. The summed E-state index contributed by atoms with van der Waals surface area (Å²) in [6.07, 6.45) is 1.76. The lowest BCUT2D eigenvalue weighted by molar-refractivity contribution is 0.102. The van der Waals surface area contributed by atoms with E-state index in [0.29, 0.717) is 5.69 Å². The van der Waals surface area contributed by atoms with Crippen molar-refractivity contribution in [3.63, 3.8) is 0 Å². The molecule has 6 heteroatoms. The van der Waals surface area contributed by atoms with Crippen molar-refractivity contribution in [2.24, 2.45) is 0 Å². The highest BCUT2D eigenvalue weighted by Gasteiger charge is 2.12. The Bertz CT molecular complexity index is 762. The lowest BCUT2D eigenvalue weighted by atomic mass is 10.3. The summed E-state index contributed by atoms with van der Waals surface area (Å²) < 4.78 is 2.84. The van der Waals surface area contributed by atoms with Crippen LogP contribution >= 0.6 is 27.3 Å². The molecule has 0 unspecified atom stereocenters. The summed E-state index contributed by atoms with van der Waals surface area (Å²) >= 11 is 4.90. The Morgan fingerprint density at radius 1 is 1.47 bits per heavy atom. The first-order valence-electron chi connectivity index (χ1n) is 5.63. The molecule has 96 valence electrons. The van der Waals surface area contributed by atoms with E-state index in [9.17, 15) is 4.79 Å². The maximum absolute atomic E-state index is 12.1. The van der Waals surface area contributed by atoms with Gasteiger partial charge in [-0.2, -0.15) is 0 Å². The fourth-order valence-corrected chi connectivity index (χ4v) is 3.01. The van der Waals surface area contributed by atoms with Crippen molar-refractivity contribution in [3.05, 3.63) is 51.7 Å². The average Bonchev–Trinajstić information content (AvgIpc) is 2.92. The van der Waals surface area contributed by atoms with E-state index >= 15 is 0 Å². The summed E-state index contributed by atoms with van der Waals surface area (Å²) in [5.41, 5.74) is 2.25. The van der Waals surface area contributed by atoms with Crippen LogP contribution in [0.5, 0.6) is 0 Å². The van der Waals surface area contributed by atoms with Crippen molar-refractivity contribution in [2.45, 2.75) is 6.92 Å². The highest BCUT2D eigenvalue weighted by Crippen LogP contribution is 2.18. The number of thiazole rings is 1. The number of aryl methyl sites for hydroxylation is 1. The van der Waals surface area contributed by atoms with Gasteiger partial charge in [0.05, 0.1) is 0 Å². The standard InChI is InChI=1S/C13H10BrN3OS/c1-8-7-19-13-16-11(6-17(8)13)12(18)15-10-4-2-3-9(14)5-10/h2-7H,1H3,(H,15,18). The molecule has 0 radical (unpaired) electrons. The predicted octanol–water partition coefficient (Wildman–Crippen LogP) is 3.72. The van der Waals surface area contributed by atoms with Gasteiger partial charge in [-0.05, 0) is 25.1 Å². The van der Waals surface area contributed by atoms with Gasteiger partial charge in [-0.3, -0.25) is 9.20 Å². The number of hydrogen-bond acceptors (Lipinski definition) is 3. The van der Waals surface area contributed by atoms with Crippen LogP contribution in [-0.2, 0) is 0 Å². The quantitative estimate of drug-likeness (QED) is 0.775. The van der Waals surface area contributed by atoms with Gasteiger partial charge in [0.25, 0.3) is 5.91 Å². The van der Waals surface area contributed by atoms with Gasteiger partial charge in [-0.25, -0.2) is 4.98 Å². The molecule has 1 amide bonds. The van der Waals surface area contributed by atoms with Gasteiger partial charge in [-0.15, -0.1) is 11.3 Å². The van der Waals surface area contributed by atoms with Gasteiger partial charge in [-0.1, -0.05) is 22.0 Å². The first-order valence-corrected chi connectivity index (χ1v) is 7.31. The molecule has 0 atom stereocenters. The van der Waals surface area contributed by atoms with E-state index in [0.717, 1.165) is 20.8 Å². The molecule has 0 fully saturated rings. The average molecular weight is 336 g/mol. The maximum atomic E-state index is 12.1. The number of amides is 1.